The molecule has 1 atom stereocenters. The summed E-state index contributed by atoms with van der Waals surface area (Å²) in [5.41, 5.74) is 4.32. The monoisotopic (exact) mass is 314 g/mol. The molecule has 0 spiro atoms. The fourth-order valence-electron chi connectivity index (χ4n) is 3.89. The molecule has 2 aromatic rings. The molecule has 1 saturated heterocycles. The number of nitrogens with zero attached hydrogens (tertiary/aromatic N) is 3. The third-order valence-corrected chi connectivity index (χ3v) is 5.29. The van der Waals surface area contributed by atoms with Gasteiger partial charge in [0, 0.05) is 30.8 Å². The first-order valence-corrected chi connectivity index (χ1v) is 8.90. The van der Waals surface area contributed by atoms with E-state index in [9.17, 15) is 0 Å². The smallest absolute Gasteiger partial charge is 0.155 e. The molecule has 1 aliphatic carbocycles. The fourth-order valence-corrected chi connectivity index (χ4v) is 3.89. The molecule has 2 aliphatic rings. The van der Waals surface area contributed by atoms with Gasteiger partial charge in [-0.2, -0.15) is 5.10 Å². The molecule has 1 aliphatic heterocycles. The Bertz CT molecular complexity index is 682. The summed E-state index contributed by atoms with van der Waals surface area (Å²) in [5, 5.41) is 8.33. The fraction of sp³-hybridized carbons (Fsp3) is 0.667. The van der Waals surface area contributed by atoms with E-state index >= 15 is 0 Å². The van der Waals surface area contributed by atoms with Crippen molar-refractivity contribution in [3.8, 4) is 0 Å². The average molecular weight is 314 g/mol. The van der Waals surface area contributed by atoms with Crippen molar-refractivity contribution in [1.82, 2.24) is 19.9 Å². The third-order valence-electron chi connectivity index (χ3n) is 5.29. The van der Waals surface area contributed by atoms with Gasteiger partial charge in [-0.15, -0.1) is 0 Å². The molecule has 5 heteroatoms. The van der Waals surface area contributed by atoms with Crippen LogP contribution in [0.5, 0.6) is 0 Å². The Morgan fingerprint density at radius 1 is 1.22 bits per heavy atom. The Morgan fingerprint density at radius 3 is 2.78 bits per heavy atom. The van der Waals surface area contributed by atoms with Crippen LogP contribution in [0, 0.1) is 12.8 Å². The quantitative estimate of drug-likeness (QED) is 0.926. The number of hydrogen-bond donors (Lipinski definition) is 1. The van der Waals surface area contributed by atoms with Crippen molar-refractivity contribution in [2.45, 2.75) is 51.6 Å². The zero-order valence-electron chi connectivity index (χ0n) is 14.1. The number of ether oxygens (including phenoxy) is 1. The van der Waals surface area contributed by atoms with Gasteiger partial charge >= 0.3 is 0 Å². The maximum Gasteiger partial charge on any atom is 0.155 e. The highest BCUT2D eigenvalue weighted by Gasteiger charge is 2.25. The first kappa shape index (κ1) is 15.1. The minimum Gasteiger partial charge on any atom is -0.369 e. The summed E-state index contributed by atoms with van der Waals surface area (Å²) >= 11 is 0. The molecule has 4 rings (SSSR count). The van der Waals surface area contributed by atoms with Crippen LogP contribution in [0.3, 0.4) is 0 Å². The lowest BCUT2D eigenvalue weighted by Crippen LogP contribution is -2.34. The predicted molar refractivity (Wildman–Crippen MR) is 89.7 cm³/mol. The van der Waals surface area contributed by atoms with Crippen molar-refractivity contribution < 1.29 is 4.74 Å². The van der Waals surface area contributed by atoms with Crippen molar-refractivity contribution in [3.05, 3.63) is 29.2 Å². The van der Waals surface area contributed by atoms with Crippen molar-refractivity contribution in [1.29, 1.82) is 0 Å². The van der Waals surface area contributed by atoms with Crippen molar-refractivity contribution in [2.75, 3.05) is 19.7 Å². The lowest BCUT2D eigenvalue weighted by atomic mass is 9.81. The number of aromatic nitrogens is 3. The SMILES string of the molecule is Cc1cc([C@@H]2CNCCO2)n2nc(C3CCC(C)CC3)cc2n1. The molecule has 3 heterocycles. The van der Waals surface area contributed by atoms with Gasteiger partial charge in [0.05, 0.1) is 18.0 Å². The molecule has 2 aromatic heterocycles. The minimum absolute atomic E-state index is 0.0621. The van der Waals surface area contributed by atoms with E-state index in [-0.39, 0.29) is 6.10 Å². The van der Waals surface area contributed by atoms with E-state index in [4.69, 9.17) is 9.84 Å². The van der Waals surface area contributed by atoms with Gasteiger partial charge in [0.15, 0.2) is 5.65 Å². The second-order valence-electron chi connectivity index (χ2n) is 7.18. The van der Waals surface area contributed by atoms with E-state index in [1.165, 1.54) is 31.4 Å². The topological polar surface area (TPSA) is 51.5 Å². The van der Waals surface area contributed by atoms with Crippen LogP contribution in [-0.4, -0.2) is 34.3 Å². The van der Waals surface area contributed by atoms with Gasteiger partial charge in [-0.1, -0.05) is 19.8 Å². The Labute approximate surface area is 137 Å². The Morgan fingerprint density at radius 2 is 2.04 bits per heavy atom. The maximum atomic E-state index is 5.94. The van der Waals surface area contributed by atoms with Gasteiger partial charge in [-0.25, -0.2) is 9.50 Å². The molecule has 1 N–H and O–H groups in total. The third kappa shape index (κ3) is 3.00. The number of nitrogens with one attached hydrogen (secondary N) is 1. The normalized spacial score (nSPS) is 29.0. The van der Waals surface area contributed by atoms with E-state index in [0.717, 1.165) is 42.6 Å². The molecule has 2 fully saturated rings. The van der Waals surface area contributed by atoms with Gasteiger partial charge in [-0.05, 0) is 31.7 Å². The van der Waals surface area contributed by atoms with Gasteiger partial charge in [0.2, 0.25) is 0 Å². The van der Waals surface area contributed by atoms with Crippen molar-refractivity contribution >= 4 is 5.65 Å². The number of rotatable bonds is 2. The molecule has 0 unspecified atom stereocenters. The van der Waals surface area contributed by atoms with E-state index in [1.54, 1.807) is 0 Å². The van der Waals surface area contributed by atoms with Crippen molar-refractivity contribution in [3.63, 3.8) is 0 Å². The highest BCUT2D eigenvalue weighted by Crippen LogP contribution is 2.35. The lowest BCUT2D eigenvalue weighted by Gasteiger charge is -2.25. The average Bonchev–Trinajstić information content (AvgIpc) is 2.99. The maximum absolute atomic E-state index is 5.94. The summed E-state index contributed by atoms with van der Waals surface area (Å²) in [6.45, 7) is 6.93. The van der Waals surface area contributed by atoms with Crippen LogP contribution in [-0.2, 0) is 4.74 Å². The van der Waals surface area contributed by atoms with Crippen LogP contribution in [0.15, 0.2) is 12.1 Å². The van der Waals surface area contributed by atoms with Crippen LogP contribution < -0.4 is 5.32 Å². The Kier molecular flexibility index (Phi) is 4.07. The molecule has 124 valence electrons. The molecular formula is C18H26N4O. The molecule has 0 bridgehead atoms. The standard InChI is InChI=1S/C18H26N4O/c1-12-3-5-14(6-4-12)15-10-18-20-13(2)9-16(22(18)21-15)17-11-19-7-8-23-17/h9-10,12,14,17,19H,3-8,11H2,1-2H3/t12?,14?,17-/m0/s1. The van der Waals surface area contributed by atoms with Crippen LogP contribution in [0.1, 0.15) is 61.7 Å². The molecule has 23 heavy (non-hydrogen) atoms. The summed E-state index contributed by atoms with van der Waals surface area (Å²) in [5.74, 6) is 1.45. The van der Waals surface area contributed by atoms with Gasteiger partial charge in [0.25, 0.3) is 0 Å². The van der Waals surface area contributed by atoms with Crippen LogP contribution in [0.25, 0.3) is 5.65 Å². The second kappa shape index (κ2) is 6.21. The second-order valence-corrected chi connectivity index (χ2v) is 7.18. The summed E-state index contributed by atoms with van der Waals surface area (Å²) < 4.78 is 7.96. The molecule has 5 nitrogen and oxygen atoms in total. The minimum atomic E-state index is 0.0621. The number of aryl methyl sites for hydroxylation is 1. The first-order chi connectivity index (χ1) is 11.2. The van der Waals surface area contributed by atoms with E-state index in [1.807, 2.05) is 4.52 Å². The summed E-state index contributed by atoms with van der Waals surface area (Å²) in [4.78, 5) is 4.69. The molecule has 1 saturated carbocycles. The first-order valence-electron chi connectivity index (χ1n) is 8.90. The molecule has 0 aromatic carbocycles. The van der Waals surface area contributed by atoms with Gasteiger partial charge in [-0.3, -0.25) is 0 Å². The van der Waals surface area contributed by atoms with Crippen LogP contribution >= 0.6 is 0 Å². The Hall–Kier alpha value is -1.46. The molecule has 0 radical (unpaired) electrons. The van der Waals surface area contributed by atoms with Gasteiger partial charge < -0.3 is 10.1 Å². The van der Waals surface area contributed by atoms with E-state index in [2.05, 4.69) is 36.3 Å². The summed E-state index contributed by atoms with van der Waals surface area (Å²) in [6.07, 6.45) is 5.19. The number of fused-ring (bicyclic) bond motifs is 1. The zero-order chi connectivity index (χ0) is 15.8. The van der Waals surface area contributed by atoms with Crippen LogP contribution in [0.4, 0.5) is 0 Å². The summed E-state index contributed by atoms with van der Waals surface area (Å²) in [6, 6.07) is 4.30. The predicted octanol–water partition coefficient (Wildman–Crippen LogP) is 2.99. The largest absolute Gasteiger partial charge is 0.369 e. The number of morpholine rings is 1. The van der Waals surface area contributed by atoms with Crippen molar-refractivity contribution in [2.24, 2.45) is 5.92 Å². The number of hydrogen-bond acceptors (Lipinski definition) is 4. The molecular weight excluding hydrogens is 288 g/mol. The van der Waals surface area contributed by atoms with Gasteiger partial charge in [0.1, 0.15) is 6.10 Å². The Balaban J connectivity index is 1.69. The highest BCUT2D eigenvalue weighted by atomic mass is 16.5. The summed E-state index contributed by atoms with van der Waals surface area (Å²) in [7, 11) is 0. The van der Waals surface area contributed by atoms with E-state index in [0.29, 0.717) is 5.92 Å². The highest BCUT2D eigenvalue weighted by molar-refractivity contribution is 5.43. The molecule has 0 amide bonds. The van der Waals surface area contributed by atoms with Crippen LogP contribution in [0.2, 0.25) is 0 Å². The van der Waals surface area contributed by atoms with E-state index < -0.39 is 0 Å². The lowest BCUT2D eigenvalue weighted by molar-refractivity contribution is 0.0236. The zero-order valence-corrected chi connectivity index (χ0v) is 14.1.